The number of hydrogen-bond acceptors (Lipinski definition) is 6. The number of carbonyl (C=O) groups is 1. The number of ether oxygens (including phenoxy) is 1. The van der Waals surface area contributed by atoms with E-state index >= 15 is 0 Å². The first-order valence-electron chi connectivity index (χ1n) is 9.10. The van der Waals surface area contributed by atoms with Gasteiger partial charge in [0, 0.05) is 44.2 Å². The van der Waals surface area contributed by atoms with Crippen molar-refractivity contribution in [1.29, 1.82) is 0 Å². The van der Waals surface area contributed by atoms with Crippen LogP contribution in [0.4, 0.5) is 0 Å². The van der Waals surface area contributed by atoms with E-state index < -0.39 is 11.2 Å². The maximum atomic E-state index is 12.5. The van der Waals surface area contributed by atoms with E-state index in [1.807, 2.05) is 6.92 Å². The molecule has 3 heterocycles. The average molecular weight is 373 g/mol. The second-order valence-electron chi connectivity index (χ2n) is 6.50. The number of piperidine rings is 1. The minimum atomic E-state index is -0.511. The lowest BCUT2D eigenvalue weighted by Gasteiger charge is -2.32. The van der Waals surface area contributed by atoms with Gasteiger partial charge in [-0.15, -0.1) is 0 Å². The van der Waals surface area contributed by atoms with Crippen LogP contribution in [-0.2, 0) is 17.8 Å². The van der Waals surface area contributed by atoms with Crippen molar-refractivity contribution in [2.75, 3.05) is 13.1 Å². The smallest absolute Gasteiger partial charge is 0.328 e. The maximum absolute atomic E-state index is 12.5. The highest BCUT2D eigenvalue weighted by Gasteiger charge is 2.25. The fourth-order valence-electron chi connectivity index (χ4n) is 2.99. The number of amides is 1. The van der Waals surface area contributed by atoms with Crippen LogP contribution in [0.3, 0.4) is 0 Å². The van der Waals surface area contributed by atoms with Crippen LogP contribution in [0.25, 0.3) is 0 Å². The molecule has 2 aromatic heterocycles. The van der Waals surface area contributed by atoms with Crippen molar-refractivity contribution in [2.45, 2.75) is 45.3 Å². The van der Waals surface area contributed by atoms with Crippen LogP contribution in [0.15, 0.2) is 34.2 Å². The number of carbonyl (C=O) groups excluding carboxylic acids is 1. The van der Waals surface area contributed by atoms with Crippen LogP contribution in [0.2, 0.25) is 0 Å². The molecule has 0 bridgehead atoms. The summed E-state index contributed by atoms with van der Waals surface area (Å²) in [5.74, 6) is -0.0522. The molecule has 1 aliphatic heterocycles. The molecular formula is C18H23N5O4. The molecule has 1 aliphatic rings. The van der Waals surface area contributed by atoms with Gasteiger partial charge in [-0.3, -0.25) is 14.6 Å². The number of nitrogens with zero attached hydrogens (tertiary/aromatic N) is 4. The Balaban J connectivity index is 1.54. The molecule has 0 radical (unpaired) electrons. The summed E-state index contributed by atoms with van der Waals surface area (Å²) >= 11 is 0. The van der Waals surface area contributed by atoms with Gasteiger partial charge in [0.2, 0.25) is 5.91 Å². The highest BCUT2D eigenvalue weighted by molar-refractivity contribution is 5.76. The molecule has 0 spiro atoms. The average Bonchev–Trinajstić information content (AvgIpc) is 2.68. The van der Waals surface area contributed by atoms with E-state index in [1.165, 1.54) is 16.8 Å². The summed E-state index contributed by atoms with van der Waals surface area (Å²) in [4.78, 5) is 47.6. The van der Waals surface area contributed by atoms with Crippen LogP contribution in [0.5, 0.6) is 6.01 Å². The highest BCUT2D eigenvalue weighted by atomic mass is 16.5. The molecule has 1 saturated heterocycles. The number of hydrogen-bond donors (Lipinski definition) is 1. The number of nitrogens with one attached hydrogen (secondary N) is 1. The number of aryl methyl sites for hydroxylation is 2. The Labute approximate surface area is 156 Å². The van der Waals surface area contributed by atoms with Gasteiger partial charge in [-0.1, -0.05) is 6.92 Å². The first kappa shape index (κ1) is 18.8. The van der Waals surface area contributed by atoms with E-state index in [4.69, 9.17) is 4.74 Å². The normalized spacial score (nSPS) is 16.9. The van der Waals surface area contributed by atoms with Gasteiger partial charge in [0.25, 0.3) is 5.56 Å². The van der Waals surface area contributed by atoms with Crippen LogP contribution in [0.1, 0.15) is 31.7 Å². The van der Waals surface area contributed by atoms with Crippen molar-refractivity contribution in [1.82, 2.24) is 24.4 Å². The Morgan fingerprint density at radius 1 is 1.33 bits per heavy atom. The fraction of sp³-hybridized carbons (Fsp3) is 0.500. The molecule has 0 saturated carbocycles. The van der Waals surface area contributed by atoms with Gasteiger partial charge in [0.1, 0.15) is 6.10 Å². The number of likely N-dealkylation sites (tertiary alicyclic amines) is 1. The predicted octanol–water partition coefficient (Wildman–Crippen LogP) is 0.349. The SMILES string of the molecule is CCc1cnc(OC2CCCN(C(=O)CCn3ccc(=O)[nH]c3=O)C2)nc1. The Morgan fingerprint density at radius 3 is 2.81 bits per heavy atom. The third kappa shape index (κ3) is 5.02. The molecule has 144 valence electrons. The quantitative estimate of drug-likeness (QED) is 0.782. The molecular weight excluding hydrogens is 350 g/mol. The van der Waals surface area contributed by atoms with E-state index in [1.54, 1.807) is 17.3 Å². The molecule has 9 heteroatoms. The molecule has 9 nitrogen and oxygen atoms in total. The third-order valence-electron chi connectivity index (χ3n) is 4.56. The molecule has 27 heavy (non-hydrogen) atoms. The van der Waals surface area contributed by atoms with Gasteiger partial charge in [-0.25, -0.2) is 14.8 Å². The zero-order valence-electron chi connectivity index (χ0n) is 15.3. The zero-order chi connectivity index (χ0) is 19.2. The van der Waals surface area contributed by atoms with E-state index in [2.05, 4.69) is 15.0 Å². The number of aromatic amines is 1. The minimum absolute atomic E-state index is 0.0522. The van der Waals surface area contributed by atoms with Crippen molar-refractivity contribution in [3.05, 3.63) is 51.1 Å². The Kier molecular flexibility index (Phi) is 6.00. The number of aromatic nitrogens is 4. The summed E-state index contributed by atoms with van der Waals surface area (Å²) in [6.45, 7) is 3.39. The minimum Gasteiger partial charge on any atom is -0.458 e. The summed E-state index contributed by atoms with van der Waals surface area (Å²) in [7, 11) is 0. The van der Waals surface area contributed by atoms with Crippen molar-refractivity contribution in [3.63, 3.8) is 0 Å². The van der Waals surface area contributed by atoms with E-state index in [0.717, 1.165) is 24.8 Å². The fourth-order valence-corrected chi connectivity index (χ4v) is 2.99. The molecule has 2 aromatic rings. The van der Waals surface area contributed by atoms with E-state index in [-0.39, 0.29) is 25.0 Å². The molecule has 0 aromatic carbocycles. The summed E-state index contributed by atoms with van der Waals surface area (Å²) in [5.41, 5.74) is 0.0795. The summed E-state index contributed by atoms with van der Waals surface area (Å²) < 4.78 is 7.14. The molecule has 1 atom stereocenters. The van der Waals surface area contributed by atoms with Gasteiger partial charge in [0.05, 0.1) is 6.54 Å². The molecule has 1 N–H and O–H groups in total. The lowest BCUT2D eigenvalue weighted by molar-refractivity contribution is -0.134. The van der Waals surface area contributed by atoms with Gasteiger partial charge in [0.15, 0.2) is 0 Å². The van der Waals surface area contributed by atoms with Gasteiger partial charge in [-0.2, -0.15) is 0 Å². The Morgan fingerprint density at radius 2 is 2.11 bits per heavy atom. The first-order chi connectivity index (χ1) is 13.0. The lowest BCUT2D eigenvalue weighted by Crippen LogP contribution is -2.45. The Bertz CT molecular complexity index is 890. The molecule has 0 aliphatic carbocycles. The number of H-pyrrole nitrogens is 1. The van der Waals surface area contributed by atoms with Crippen molar-refractivity contribution >= 4 is 5.91 Å². The summed E-state index contributed by atoms with van der Waals surface area (Å²) in [6, 6.07) is 1.59. The van der Waals surface area contributed by atoms with Gasteiger partial charge in [-0.05, 0) is 24.8 Å². The lowest BCUT2D eigenvalue weighted by atomic mass is 10.1. The predicted molar refractivity (Wildman–Crippen MR) is 97.6 cm³/mol. The van der Waals surface area contributed by atoms with Gasteiger partial charge < -0.3 is 14.2 Å². The molecule has 3 rings (SSSR count). The first-order valence-corrected chi connectivity index (χ1v) is 9.10. The van der Waals surface area contributed by atoms with E-state index in [9.17, 15) is 14.4 Å². The monoisotopic (exact) mass is 373 g/mol. The summed E-state index contributed by atoms with van der Waals surface area (Å²) in [5, 5.41) is 0. The number of rotatable bonds is 6. The third-order valence-corrected chi connectivity index (χ3v) is 4.56. The molecule has 1 amide bonds. The molecule has 1 unspecified atom stereocenters. The van der Waals surface area contributed by atoms with Gasteiger partial charge >= 0.3 is 11.7 Å². The van der Waals surface area contributed by atoms with Crippen LogP contribution in [-0.4, -0.2) is 49.5 Å². The molecule has 1 fully saturated rings. The second kappa shape index (κ2) is 8.61. The van der Waals surface area contributed by atoms with Crippen LogP contribution < -0.4 is 16.0 Å². The Hall–Kier alpha value is -2.97. The zero-order valence-corrected chi connectivity index (χ0v) is 15.3. The standard InChI is InChI=1S/C18H23N5O4/c1-2-13-10-19-17(20-11-13)27-14-4-3-7-23(12-14)16(25)6-9-22-8-5-15(24)21-18(22)26/h5,8,10-11,14H,2-4,6-7,9,12H2,1H3,(H,21,24,26). The van der Waals surface area contributed by atoms with Crippen molar-refractivity contribution in [2.24, 2.45) is 0 Å². The van der Waals surface area contributed by atoms with Crippen LogP contribution >= 0.6 is 0 Å². The second-order valence-corrected chi connectivity index (χ2v) is 6.50. The van der Waals surface area contributed by atoms with Crippen LogP contribution in [0, 0.1) is 0 Å². The highest BCUT2D eigenvalue weighted by Crippen LogP contribution is 2.16. The largest absolute Gasteiger partial charge is 0.458 e. The van der Waals surface area contributed by atoms with E-state index in [0.29, 0.717) is 19.1 Å². The summed E-state index contributed by atoms with van der Waals surface area (Å²) in [6.07, 6.45) is 7.46. The van der Waals surface area contributed by atoms with Crippen molar-refractivity contribution in [3.8, 4) is 6.01 Å². The maximum Gasteiger partial charge on any atom is 0.328 e. The topological polar surface area (TPSA) is 110 Å². The van der Waals surface area contributed by atoms with Crippen molar-refractivity contribution < 1.29 is 9.53 Å².